The summed E-state index contributed by atoms with van der Waals surface area (Å²) in [6, 6.07) is 160. The van der Waals surface area contributed by atoms with Crippen LogP contribution in [-0.4, -0.2) is 0 Å². The molecule has 0 N–H and O–H groups in total. The van der Waals surface area contributed by atoms with Crippen molar-refractivity contribution in [1.29, 1.82) is 0 Å². The monoisotopic (exact) mass is 1450 g/mol. The second-order valence-electron chi connectivity index (χ2n) is 31.1. The quantitative estimate of drug-likeness (QED) is 0.0896. The van der Waals surface area contributed by atoms with E-state index in [1.165, 1.54) is 128 Å². The highest BCUT2D eigenvalue weighted by atomic mass is 15.2. The summed E-state index contributed by atoms with van der Waals surface area (Å²) in [5.41, 5.74) is 38.8. The molecule has 2 nitrogen and oxygen atoms in total. The molecule has 1 unspecified atom stereocenters. The molecule has 0 aliphatic heterocycles. The first-order valence-electron chi connectivity index (χ1n) is 39.8. The van der Waals surface area contributed by atoms with Gasteiger partial charge < -0.3 is 9.80 Å². The molecule has 0 amide bonds. The highest BCUT2D eigenvalue weighted by Crippen LogP contribution is 2.59. The van der Waals surface area contributed by atoms with E-state index in [9.17, 15) is 0 Å². The van der Waals surface area contributed by atoms with Crippen molar-refractivity contribution < 1.29 is 0 Å². The van der Waals surface area contributed by atoms with Crippen LogP contribution in [0.2, 0.25) is 0 Å². The Morgan fingerprint density at radius 3 is 1.05 bits per heavy atom. The molecular formula is C112H82N2. The molecule has 114 heavy (non-hydrogen) atoms. The summed E-state index contributed by atoms with van der Waals surface area (Å²) >= 11 is 0. The Bertz CT molecular complexity index is 6690. The molecule has 0 spiro atoms. The van der Waals surface area contributed by atoms with Gasteiger partial charge in [0.15, 0.2) is 0 Å². The maximum absolute atomic E-state index is 2.57. The van der Waals surface area contributed by atoms with Crippen molar-refractivity contribution >= 4 is 44.9 Å². The second-order valence-corrected chi connectivity index (χ2v) is 31.1. The van der Waals surface area contributed by atoms with Crippen LogP contribution in [0.5, 0.6) is 0 Å². The Kier molecular flexibility index (Phi) is 17.5. The number of benzene rings is 18. The minimum Gasteiger partial charge on any atom is -0.309 e. The van der Waals surface area contributed by atoms with Crippen LogP contribution in [0.4, 0.5) is 34.1 Å². The Balaban J connectivity index is 0.706. The van der Waals surface area contributed by atoms with E-state index in [1.807, 2.05) is 0 Å². The molecule has 18 aromatic rings. The molecule has 1 atom stereocenters. The molecule has 0 saturated heterocycles. The van der Waals surface area contributed by atoms with Gasteiger partial charge in [-0.3, -0.25) is 0 Å². The van der Waals surface area contributed by atoms with Crippen molar-refractivity contribution in [2.75, 3.05) is 9.80 Å². The van der Waals surface area contributed by atoms with E-state index in [2.05, 4.69) is 461 Å². The maximum Gasteiger partial charge on any atom is 0.0540 e. The largest absolute Gasteiger partial charge is 0.309 e. The minimum atomic E-state index is -0.396. The number of nitrogens with zero attached hydrogens (tertiary/aromatic N) is 2. The Hall–Kier alpha value is -14.2. The third kappa shape index (κ3) is 12.0. The van der Waals surface area contributed by atoms with Crippen molar-refractivity contribution in [1.82, 2.24) is 0 Å². The molecule has 540 valence electrons. The van der Waals surface area contributed by atoms with Gasteiger partial charge in [0.2, 0.25) is 0 Å². The van der Waals surface area contributed by atoms with Gasteiger partial charge in [-0.05, 0) is 188 Å². The lowest BCUT2D eigenvalue weighted by atomic mass is 9.75. The molecule has 0 fully saturated rings. The molecule has 2 heteroatoms. The third-order valence-corrected chi connectivity index (χ3v) is 24.2. The maximum atomic E-state index is 2.57. The molecule has 0 aromatic heterocycles. The molecular weight excluding hydrogens is 1370 g/mol. The second kappa shape index (κ2) is 28.9. The first kappa shape index (κ1) is 69.0. The van der Waals surface area contributed by atoms with E-state index in [4.69, 9.17) is 0 Å². The predicted molar refractivity (Wildman–Crippen MR) is 482 cm³/mol. The van der Waals surface area contributed by atoms with Gasteiger partial charge in [0.05, 0.1) is 28.4 Å². The number of anilines is 6. The molecule has 0 radical (unpaired) electrons. The van der Waals surface area contributed by atoms with Crippen LogP contribution in [0, 0.1) is 0 Å². The van der Waals surface area contributed by atoms with Crippen LogP contribution in [0.25, 0.3) is 133 Å². The molecule has 0 bridgehead atoms. The number of hydrogen-bond donors (Lipinski definition) is 0. The van der Waals surface area contributed by atoms with E-state index in [0.29, 0.717) is 0 Å². The number of hydrogen-bond acceptors (Lipinski definition) is 2. The highest BCUT2D eigenvalue weighted by molar-refractivity contribution is 6.07. The Morgan fingerprint density at radius 1 is 0.202 bits per heavy atom. The van der Waals surface area contributed by atoms with Gasteiger partial charge in [-0.1, -0.05) is 403 Å². The molecule has 0 saturated carbocycles. The summed E-state index contributed by atoms with van der Waals surface area (Å²) < 4.78 is 0. The topological polar surface area (TPSA) is 6.48 Å². The number of para-hydroxylation sites is 5. The normalized spacial score (nSPS) is 13.5. The summed E-state index contributed by atoms with van der Waals surface area (Å²) in [6.45, 7) is 7.24. The highest BCUT2D eigenvalue weighted by Gasteiger charge is 2.42. The molecule has 20 rings (SSSR count). The van der Waals surface area contributed by atoms with Gasteiger partial charge in [0.25, 0.3) is 0 Å². The Labute approximate surface area is 669 Å². The zero-order chi connectivity index (χ0) is 76.3. The summed E-state index contributed by atoms with van der Waals surface area (Å²) in [4.78, 5) is 5.07. The van der Waals surface area contributed by atoms with E-state index in [1.54, 1.807) is 0 Å². The van der Waals surface area contributed by atoms with Gasteiger partial charge in [0.1, 0.15) is 0 Å². The van der Waals surface area contributed by atoms with Gasteiger partial charge in [-0.2, -0.15) is 0 Å². The van der Waals surface area contributed by atoms with E-state index < -0.39 is 5.41 Å². The number of rotatable bonds is 17. The molecule has 2 aliphatic carbocycles. The summed E-state index contributed by atoms with van der Waals surface area (Å²) in [6.07, 6.45) is 0.788. The van der Waals surface area contributed by atoms with Crippen molar-refractivity contribution in [3.05, 3.63) is 459 Å². The van der Waals surface area contributed by atoms with E-state index >= 15 is 0 Å². The predicted octanol–water partition coefficient (Wildman–Crippen LogP) is 30.6. The fourth-order valence-corrected chi connectivity index (χ4v) is 18.9. The van der Waals surface area contributed by atoms with E-state index in [0.717, 1.165) is 73.9 Å². The minimum absolute atomic E-state index is 0.171. The fraction of sp³-hybridized carbons (Fsp3) is 0.0536. The zero-order valence-electron chi connectivity index (χ0n) is 64.1. The summed E-state index contributed by atoms with van der Waals surface area (Å²) in [7, 11) is 0. The lowest BCUT2D eigenvalue weighted by Gasteiger charge is -2.32. The lowest BCUT2D eigenvalue weighted by molar-refractivity contribution is 0.583. The average Bonchev–Trinajstić information content (AvgIpc) is 1.56. The zero-order valence-corrected chi connectivity index (χ0v) is 64.1. The first-order chi connectivity index (χ1) is 56.2. The lowest BCUT2D eigenvalue weighted by Crippen LogP contribution is -2.24. The molecule has 0 heterocycles. The number of fused-ring (bicyclic) bond motifs is 7. The van der Waals surface area contributed by atoms with Crippen LogP contribution in [0.15, 0.2) is 431 Å². The SMILES string of the molecule is CC1(C)c2ccccc2-c2c(-c3ccccc3N(c3ccccc3-c3ccccc3-c3ccccc3)c3ccccc3-c3cccc4cc(CC5(C)c6ccccc6-c6c(-c7ccccc7N(c7ccc(-c8cccc(-c9ccccc9)c8)cc7)c7ccccc7-c7ccccc7-c7ccccc7)cccc65)ccc34)cccc21. The summed E-state index contributed by atoms with van der Waals surface area (Å²) in [5, 5.41) is 2.39. The third-order valence-electron chi connectivity index (χ3n) is 24.2. The molecule has 2 aliphatic rings. The first-order valence-corrected chi connectivity index (χ1v) is 39.8. The van der Waals surface area contributed by atoms with Gasteiger partial charge in [-0.15, -0.1) is 0 Å². The fourth-order valence-electron chi connectivity index (χ4n) is 18.9. The Morgan fingerprint density at radius 2 is 0.535 bits per heavy atom. The van der Waals surface area contributed by atoms with Gasteiger partial charge in [-0.25, -0.2) is 0 Å². The van der Waals surface area contributed by atoms with Crippen LogP contribution < -0.4 is 9.80 Å². The van der Waals surface area contributed by atoms with E-state index in [-0.39, 0.29) is 5.41 Å². The van der Waals surface area contributed by atoms with Crippen molar-refractivity contribution in [3.8, 4) is 122 Å². The standard InChI is InChI=1S/C112H82N2/c1-111(2)100-58-24-17-53-98(100)109-96(56-33-60-102(109)111)95-52-23-30-66-108(95)114(106-64-28-20-49-92(106)89-47-16-14-45-86(89)80-39-11-6-12-40-80)107-65-29-21-50-93(107)90-55-32-43-83-73-76(67-72-87(83)90)75-112(3)101-59-25-18-54-99(101)110-97(57-34-61-103(110)112)94-51-22-27-63-105(94)113(84-70-68-78(69-71-84)82-42-31-41-81(74-82)77-35-7-4-8-36-77)104-62-26-19-48-91(104)88-46-15-13-44-85(88)79-37-9-5-10-38-79/h4-74H,75H2,1-3H3. The average molecular weight is 1460 g/mol. The van der Waals surface area contributed by atoms with Crippen LogP contribution in [0.1, 0.15) is 48.6 Å². The van der Waals surface area contributed by atoms with Crippen LogP contribution in [0.3, 0.4) is 0 Å². The van der Waals surface area contributed by atoms with Gasteiger partial charge >= 0.3 is 0 Å². The summed E-state index contributed by atoms with van der Waals surface area (Å²) in [5.74, 6) is 0. The van der Waals surface area contributed by atoms with Gasteiger partial charge in [0, 0.05) is 44.3 Å². The van der Waals surface area contributed by atoms with Crippen LogP contribution in [-0.2, 0) is 17.3 Å². The van der Waals surface area contributed by atoms with Crippen molar-refractivity contribution in [2.24, 2.45) is 0 Å². The van der Waals surface area contributed by atoms with Crippen LogP contribution >= 0.6 is 0 Å². The van der Waals surface area contributed by atoms with Crippen molar-refractivity contribution in [3.63, 3.8) is 0 Å². The van der Waals surface area contributed by atoms with Crippen molar-refractivity contribution in [2.45, 2.75) is 38.0 Å². The molecule has 18 aromatic carbocycles. The smallest absolute Gasteiger partial charge is 0.0540 e.